The Bertz CT molecular complexity index is 441. The fraction of sp³-hybridized carbons (Fsp3) is 0.588. The lowest BCUT2D eigenvalue weighted by molar-refractivity contribution is -0.134. The SMILES string of the molecule is CCC(CC(=O)N1CCCC(O)C1)c1ccc(C)cc1. The van der Waals surface area contributed by atoms with Gasteiger partial charge in [-0.1, -0.05) is 36.8 Å². The molecule has 1 aromatic rings. The number of rotatable bonds is 4. The molecular weight excluding hydrogens is 250 g/mol. The first-order chi connectivity index (χ1) is 9.60. The Morgan fingerprint density at radius 1 is 1.40 bits per heavy atom. The highest BCUT2D eigenvalue weighted by Crippen LogP contribution is 2.25. The molecule has 1 fully saturated rings. The summed E-state index contributed by atoms with van der Waals surface area (Å²) in [5.41, 5.74) is 2.48. The smallest absolute Gasteiger partial charge is 0.223 e. The number of carbonyl (C=O) groups excluding carboxylic acids is 1. The van der Waals surface area contributed by atoms with E-state index in [0.717, 1.165) is 25.8 Å². The molecule has 1 aromatic carbocycles. The number of likely N-dealkylation sites (tertiary alicyclic amines) is 1. The molecule has 1 N–H and O–H groups in total. The summed E-state index contributed by atoms with van der Waals surface area (Å²) in [4.78, 5) is 14.2. The van der Waals surface area contributed by atoms with E-state index in [9.17, 15) is 9.90 Å². The van der Waals surface area contributed by atoms with Gasteiger partial charge in [-0.3, -0.25) is 4.79 Å². The summed E-state index contributed by atoms with van der Waals surface area (Å²) in [7, 11) is 0. The first-order valence-corrected chi connectivity index (χ1v) is 7.62. The largest absolute Gasteiger partial charge is 0.391 e. The van der Waals surface area contributed by atoms with E-state index >= 15 is 0 Å². The van der Waals surface area contributed by atoms with Crippen molar-refractivity contribution in [3.05, 3.63) is 35.4 Å². The molecule has 20 heavy (non-hydrogen) atoms. The van der Waals surface area contributed by atoms with Crippen LogP contribution >= 0.6 is 0 Å². The van der Waals surface area contributed by atoms with Gasteiger partial charge in [-0.2, -0.15) is 0 Å². The molecule has 3 heteroatoms. The van der Waals surface area contributed by atoms with Crippen LogP contribution in [0.2, 0.25) is 0 Å². The second-order valence-electron chi connectivity index (χ2n) is 5.86. The molecule has 2 unspecified atom stereocenters. The van der Waals surface area contributed by atoms with Gasteiger partial charge in [-0.05, 0) is 37.7 Å². The van der Waals surface area contributed by atoms with Gasteiger partial charge < -0.3 is 10.0 Å². The molecule has 1 aliphatic heterocycles. The predicted octanol–water partition coefficient (Wildman–Crippen LogP) is 2.86. The topological polar surface area (TPSA) is 40.5 Å². The van der Waals surface area contributed by atoms with Crippen molar-refractivity contribution in [1.29, 1.82) is 0 Å². The van der Waals surface area contributed by atoms with Crippen molar-refractivity contribution in [2.24, 2.45) is 0 Å². The van der Waals surface area contributed by atoms with Crippen LogP contribution in [-0.2, 0) is 4.79 Å². The van der Waals surface area contributed by atoms with Crippen LogP contribution in [0.5, 0.6) is 0 Å². The quantitative estimate of drug-likeness (QED) is 0.918. The Balaban J connectivity index is 1.98. The first-order valence-electron chi connectivity index (χ1n) is 7.62. The van der Waals surface area contributed by atoms with Crippen LogP contribution in [-0.4, -0.2) is 35.1 Å². The molecule has 1 saturated heterocycles. The van der Waals surface area contributed by atoms with Crippen LogP contribution in [0.15, 0.2) is 24.3 Å². The molecule has 0 aliphatic carbocycles. The molecule has 1 amide bonds. The Labute approximate surface area is 121 Å². The Kier molecular flexibility index (Phi) is 5.18. The van der Waals surface area contributed by atoms with Crippen molar-refractivity contribution in [3.63, 3.8) is 0 Å². The Morgan fingerprint density at radius 2 is 2.10 bits per heavy atom. The third-order valence-corrected chi connectivity index (χ3v) is 4.21. The zero-order valence-electron chi connectivity index (χ0n) is 12.5. The number of aryl methyl sites for hydroxylation is 1. The van der Waals surface area contributed by atoms with Gasteiger partial charge in [0.05, 0.1) is 6.10 Å². The zero-order valence-corrected chi connectivity index (χ0v) is 12.5. The fourth-order valence-corrected chi connectivity index (χ4v) is 2.86. The highest BCUT2D eigenvalue weighted by molar-refractivity contribution is 5.77. The number of piperidine rings is 1. The van der Waals surface area contributed by atoms with Gasteiger partial charge >= 0.3 is 0 Å². The maximum Gasteiger partial charge on any atom is 0.223 e. The summed E-state index contributed by atoms with van der Waals surface area (Å²) >= 11 is 0. The normalized spacial score (nSPS) is 20.8. The van der Waals surface area contributed by atoms with Crippen molar-refractivity contribution in [3.8, 4) is 0 Å². The van der Waals surface area contributed by atoms with Crippen LogP contribution < -0.4 is 0 Å². The average Bonchev–Trinajstić information content (AvgIpc) is 2.45. The number of nitrogens with zero attached hydrogens (tertiary/aromatic N) is 1. The summed E-state index contributed by atoms with van der Waals surface area (Å²) in [5, 5.41) is 9.67. The van der Waals surface area contributed by atoms with Gasteiger partial charge in [0.1, 0.15) is 0 Å². The van der Waals surface area contributed by atoms with Gasteiger partial charge in [-0.25, -0.2) is 0 Å². The minimum absolute atomic E-state index is 0.177. The summed E-state index contributed by atoms with van der Waals surface area (Å²) < 4.78 is 0. The second-order valence-corrected chi connectivity index (χ2v) is 5.86. The molecular formula is C17H25NO2. The fourth-order valence-electron chi connectivity index (χ4n) is 2.86. The van der Waals surface area contributed by atoms with Gasteiger partial charge in [0.25, 0.3) is 0 Å². The summed E-state index contributed by atoms with van der Waals surface area (Å²) in [5.74, 6) is 0.457. The number of aliphatic hydroxyl groups is 1. The van der Waals surface area contributed by atoms with E-state index < -0.39 is 0 Å². The highest BCUT2D eigenvalue weighted by Gasteiger charge is 2.24. The molecule has 2 atom stereocenters. The average molecular weight is 275 g/mol. The molecule has 0 bridgehead atoms. The third kappa shape index (κ3) is 3.83. The van der Waals surface area contributed by atoms with Gasteiger partial charge in [0.15, 0.2) is 0 Å². The Morgan fingerprint density at radius 3 is 2.70 bits per heavy atom. The predicted molar refractivity (Wildman–Crippen MR) is 80.6 cm³/mol. The number of β-amino-alcohol motifs (C(OH)–C–C–N with tert-alkyl or cyclic N) is 1. The molecule has 0 aromatic heterocycles. The molecule has 1 heterocycles. The number of hydrogen-bond donors (Lipinski definition) is 1. The summed E-state index contributed by atoms with van der Waals surface area (Å²) in [6.45, 7) is 5.50. The standard InChI is InChI=1S/C17H25NO2/c1-3-14(15-8-6-13(2)7-9-15)11-17(20)18-10-4-5-16(19)12-18/h6-9,14,16,19H,3-5,10-12H2,1-2H3. The molecule has 0 spiro atoms. The van der Waals surface area contributed by atoms with Crippen molar-refractivity contribution in [2.45, 2.75) is 51.6 Å². The van der Waals surface area contributed by atoms with E-state index in [1.807, 2.05) is 4.90 Å². The van der Waals surface area contributed by atoms with Crippen LogP contribution in [0.25, 0.3) is 0 Å². The highest BCUT2D eigenvalue weighted by atomic mass is 16.3. The van der Waals surface area contributed by atoms with Crippen LogP contribution in [0.4, 0.5) is 0 Å². The van der Waals surface area contributed by atoms with Gasteiger partial charge in [0, 0.05) is 19.5 Å². The third-order valence-electron chi connectivity index (χ3n) is 4.21. The number of amides is 1. The molecule has 3 nitrogen and oxygen atoms in total. The van der Waals surface area contributed by atoms with E-state index in [0.29, 0.717) is 13.0 Å². The number of benzene rings is 1. The maximum atomic E-state index is 12.4. The lowest BCUT2D eigenvalue weighted by Gasteiger charge is -2.31. The van der Waals surface area contributed by atoms with E-state index in [-0.39, 0.29) is 17.9 Å². The van der Waals surface area contributed by atoms with Gasteiger partial charge in [-0.15, -0.1) is 0 Å². The summed E-state index contributed by atoms with van der Waals surface area (Å²) in [6, 6.07) is 8.46. The number of carbonyl (C=O) groups is 1. The van der Waals surface area contributed by atoms with Gasteiger partial charge in [0.2, 0.25) is 5.91 Å². The van der Waals surface area contributed by atoms with Crippen molar-refractivity contribution in [1.82, 2.24) is 4.90 Å². The van der Waals surface area contributed by atoms with Crippen LogP contribution in [0.3, 0.4) is 0 Å². The number of aliphatic hydroxyl groups excluding tert-OH is 1. The van der Waals surface area contributed by atoms with E-state index in [1.165, 1.54) is 11.1 Å². The van der Waals surface area contributed by atoms with Crippen molar-refractivity contribution in [2.75, 3.05) is 13.1 Å². The molecule has 0 saturated carbocycles. The molecule has 1 aliphatic rings. The van der Waals surface area contributed by atoms with E-state index in [1.54, 1.807) is 0 Å². The van der Waals surface area contributed by atoms with Crippen molar-refractivity contribution < 1.29 is 9.90 Å². The van der Waals surface area contributed by atoms with E-state index in [4.69, 9.17) is 0 Å². The van der Waals surface area contributed by atoms with E-state index in [2.05, 4.69) is 38.1 Å². The maximum absolute atomic E-state index is 12.4. The van der Waals surface area contributed by atoms with Crippen LogP contribution in [0.1, 0.15) is 49.7 Å². The number of hydrogen-bond acceptors (Lipinski definition) is 2. The molecule has 2 rings (SSSR count). The Hall–Kier alpha value is -1.35. The lowest BCUT2D eigenvalue weighted by atomic mass is 9.91. The first kappa shape index (κ1) is 15.0. The molecule has 0 radical (unpaired) electrons. The van der Waals surface area contributed by atoms with Crippen molar-refractivity contribution >= 4 is 5.91 Å². The summed E-state index contributed by atoms with van der Waals surface area (Å²) in [6.07, 6.45) is 2.90. The lowest BCUT2D eigenvalue weighted by Crippen LogP contribution is -2.42. The second kappa shape index (κ2) is 6.89. The van der Waals surface area contributed by atoms with Crippen LogP contribution in [0, 0.1) is 6.92 Å². The molecule has 110 valence electrons. The minimum Gasteiger partial charge on any atom is -0.391 e. The monoisotopic (exact) mass is 275 g/mol. The minimum atomic E-state index is -0.341. The zero-order chi connectivity index (χ0) is 14.5.